The molecule has 5 nitrogen and oxygen atoms in total. The van der Waals surface area contributed by atoms with Gasteiger partial charge in [0.05, 0.1) is 5.41 Å². The van der Waals surface area contributed by atoms with Crippen molar-refractivity contribution in [3.05, 3.63) is 59.8 Å². The van der Waals surface area contributed by atoms with E-state index in [0.29, 0.717) is 0 Å². The maximum atomic E-state index is 13.1. The third kappa shape index (κ3) is 5.30. The lowest BCUT2D eigenvalue weighted by atomic mass is 9.85. The first kappa shape index (κ1) is 22.1. The predicted octanol–water partition coefficient (Wildman–Crippen LogP) is 3.77. The molecule has 0 spiro atoms. The molecule has 8 heteroatoms. The zero-order valence-corrected chi connectivity index (χ0v) is 17.0. The van der Waals surface area contributed by atoms with E-state index in [4.69, 9.17) is 4.74 Å². The molecule has 1 aliphatic heterocycles. The normalized spacial score (nSPS) is 19.9. The number of amides is 1. The van der Waals surface area contributed by atoms with E-state index in [-0.39, 0.29) is 24.5 Å². The molecule has 162 valence electrons. The molecular formula is C22H26F3N3O2. The van der Waals surface area contributed by atoms with Gasteiger partial charge in [-0.1, -0.05) is 30.3 Å². The first-order valence-corrected chi connectivity index (χ1v) is 9.90. The fourth-order valence-corrected chi connectivity index (χ4v) is 3.48. The first-order valence-electron chi connectivity index (χ1n) is 9.90. The number of alkyl halides is 3. The number of nitrogens with one attached hydrogen (secondary N) is 2. The lowest BCUT2D eigenvalue weighted by Gasteiger charge is -2.35. The number of nitrogens with zero attached hydrogens (tertiary/aromatic N) is 1. The molecule has 2 N–H and O–H groups in total. The second-order valence-corrected chi connectivity index (χ2v) is 8.12. The Hall–Kier alpha value is -2.61. The smallest absolute Gasteiger partial charge is 0.421 e. The highest BCUT2D eigenvalue weighted by Crippen LogP contribution is 2.35. The fraction of sp³-hybridized carbons (Fsp3) is 0.455. The van der Waals surface area contributed by atoms with Crippen molar-refractivity contribution in [2.75, 3.05) is 19.7 Å². The molecule has 3 rings (SSSR count). The molecule has 2 unspecified atom stereocenters. The molecule has 1 aromatic carbocycles. The Morgan fingerprint density at radius 3 is 2.63 bits per heavy atom. The highest BCUT2D eigenvalue weighted by Gasteiger charge is 2.37. The number of piperidine rings is 1. The number of ether oxygens (including phenoxy) is 1. The van der Waals surface area contributed by atoms with Gasteiger partial charge in [0.1, 0.15) is 12.2 Å². The van der Waals surface area contributed by atoms with Crippen molar-refractivity contribution in [3.8, 4) is 5.88 Å². The van der Waals surface area contributed by atoms with Gasteiger partial charge in [-0.05, 0) is 44.5 Å². The summed E-state index contributed by atoms with van der Waals surface area (Å²) >= 11 is 0. The summed E-state index contributed by atoms with van der Waals surface area (Å²) in [5.41, 5.74) is -0.858. The molecule has 2 aromatic rings. The quantitative estimate of drug-likeness (QED) is 0.746. The summed E-state index contributed by atoms with van der Waals surface area (Å²) in [6, 6.07) is 12.0. The van der Waals surface area contributed by atoms with E-state index in [9.17, 15) is 18.0 Å². The van der Waals surface area contributed by atoms with Gasteiger partial charge in [0.2, 0.25) is 11.8 Å². The van der Waals surface area contributed by atoms with Crippen LogP contribution in [0.5, 0.6) is 5.88 Å². The van der Waals surface area contributed by atoms with E-state index < -0.39 is 23.0 Å². The van der Waals surface area contributed by atoms with E-state index in [2.05, 4.69) is 15.6 Å². The molecule has 0 saturated carbocycles. The number of halogens is 3. The molecule has 30 heavy (non-hydrogen) atoms. The maximum absolute atomic E-state index is 13.1. The summed E-state index contributed by atoms with van der Waals surface area (Å²) in [5, 5.41) is 6.44. The van der Waals surface area contributed by atoms with Gasteiger partial charge in [-0.15, -0.1) is 0 Å². The Morgan fingerprint density at radius 2 is 1.93 bits per heavy atom. The average molecular weight is 421 g/mol. The van der Waals surface area contributed by atoms with Crippen molar-refractivity contribution in [1.82, 2.24) is 15.6 Å². The summed E-state index contributed by atoms with van der Waals surface area (Å²) in [4.78, 5) is 16.7. The minimum atomic E-state index is -4.58. The second-order valence-electron chi connectivity index (χ2n) is 8.12. The van der Waals surface area contributed by atoms with Crippen molar-refractivity contribution >= 4 is 5.91 Å². The van der Waals surface area contributed by atoms with Crippen LogP contribution in [0.15, 0.2) is 48.7 Å². The molecule has 0 radical (unpaired) electrons. The Bertz CT molecular complexity index is 856. The van der Waals surface area contributed by atoms with Crippen molar-refractivity contribution in [1.29, 1.82) is 0 Å². The minimum absolute atomic E-state index is 0.0685. The Labute approximate surface area is 174 Å². The summed E-state index contributed by atoms with van der Waals surface area (Å²) in [5.74, 6) is -0.664. The Kier molecular flexibility index (Phi) is 6.65. The SMILES string of the molecule is CC(C)(COc1ncccc1C(F)(F)F)C(=O)NC1CCNCC1c1ccccc1. The van der Waals surface area contributed by atoms with Crippen LogP contribution in [0, 0.1) is 5.41 Å². The Balaban J connectivity index is 1.67. The van der Waals surface area contributed by atoms with Crippen LogP contribution in [0.3, 0.4) is 0 Å². The predicted molar refractivity (Wildman–Crippen MR) is 107 cm³/mol. The number of aromatic nitrogens is 1. The van der Waals surface area contributed by atoms with E-state index >= 15 is 0 Å². The number of carbonyl (C=O) groups is 1. The van der Waals surface area contributed by atoms with Gasteiger partial charge in [0.15, 0.2) is 0 Å². The Morgan fingerprint density at radius 1 is 1.20 bits per heavy atom. The van der Waals surface area contributed by atoms with Gasteiger partial charge < -0.3 is 15.4 Å². The molecule has 1 amide bonds. The maximum Gasteiger partial charge on any atom is 0.421 e. The zero-order chi connectivity index (χ0) is 21.8. The summed E-state index contributed by atoms with van der Waals surface area (Å²) < 4.78 is 44.8. The topological polar surface area (TPSA) is 63.2 Å². The third-order valence-corrected chi connectivity index (χ3v) is 5.29. The number of hydrogen-bond acceptors (Lipinski definition) is 4. The van der Waals surface area contributed by atoms with E-state index in [1.54, 1.807) is 13.8 Å². The molecule has 1 aromatic heterocycles. The van der Waals surface area contributed by atoms with E-state index in [0.717, 1.165) is 31.1 Å². The summed E-state index contributed by atoms with van der Waals surface area (Å²) in [6.07, 6.45) is -2.58. The molecule has 2 heterocycles. The molecule has 1 aliphatic rings. The lowest BCUT2D eigenvalue weighted by molar-refractivity contribution is -0.139. The number of rotatable bonds is 6. The highest BCUT2D eigenvalue weighted by atomic mass is 19.4. The molecule has 1 fully saturated rings. The van der Waals surface area contributed by atoms with Crippen molar-refractivity contribution in [3.63, 3.8) is 0 Å². The fourth-order valence-electron chi connectivity index (χ4n) is 3.48. The van der Waals surface area contributed by atoms with Crippen LogP contribution in [-0.2, 0) is 11.0 Å². The van der Waals surface area contributed by atoms with Gasteiger partial charge in [-0.3, -0.25) is 4.79 Å². The van der Waals surface area contributed by atoms with Gasteiger partial charge in [-0.25, -0.2) is 4.98 Å². The zero-order valence-electron chi connectivity index (χ0n) is 17.0. The standard InChI is InChI=1S/C22H26F3N3O2/c1-21(2,14-30-19-17(22(23,24)25)9-6-11-27-19)20(29)28-18-10-12-26-13-16(18)15-7-4-3-5-8-15/h3-9,11,16,18,26H,10,12-14H2,1-2H3,(H,28,29). The molecule has 1 saturated heterocycles. The van der Waals surface area contributed by atoms with Crippen LogP contribution in [-0.4, -0.2) is 36.6 Å². The van der Waals surface area contributed by atoms with Crippen LogP contribution in [0.25, 0.3) is 0 Å². The average Bonchev–Trinajstić information content (AvgIpc) is 2.73. The summed E-state index contributed by atoms with van der Waals surface area (Å²) in [7, 11) is 0. The van der Waals surface area contributed by atoms with Gasteiger partial charge in [0, 0.05) is 24.7 Å². The first-order chi connectivity index (χ1) is 14.2. The van der Waals surface area contributed by atoms with Crippen LogP contribution in [0.2, 0.25) is 0 Å². The van der Waals surface area contributed by atoms with Crippen LogP contribution >= 0.6 is 0 Å². The van der Waals surface area contributed by atoms with Crippen molar-refractivity contribution in [2.24, 2.45) is 5.41 Å². The minimum Gasteiger partial charge on any atom is -0.476 e. The van der Waals surface area contributed by atoms with Crippen LogP contribution < -0.4 is 15.4 Å². The van der Waals surface area contributed by atoms with Crippen LogP contribution in [0.4, 0.5) is 13.2 Å². The molecule has 0 aliphatic carbocycles. The number of pyridine rings is 1. The number of carbonyl (C=O) groups excluding carboxylic acids is 1. The van der Waals surface area contributed by atoms with Crippen molar-refractivity contribution < 1.29 is 22.7 Å². The van der Waals surface area contributed by atoms with Gasteiger partial charge in [0.25, 0.3) is 0 Å². The second kappa shape index (κ2) is 9.04. The molecule has 2 atom stereocenters. The van der Waals surface area contributed by atoms with Crippen LogP contribution in [0.1, 0.15) is 37.3 Å². The van der Waals surface area contributed by atoms with Gasteiger partial charge >= 0.3 is 6.18 Å². The largest absolute Gasteiger partial charge is 0.476 e. The third-order valence-electron chi connectivity index (χ3n) is 5.29. The van der Waals surface area contributed by atoms with E-state index in [1.165, 1.54) is 12.3 Å². The molecule has 0 bridgehead atoms. The number of benzene rings is 1. The summed E-state index contributed by atoms with van der Waals surface area (Å²) in [6.45, 7) is 4.61. The van der Waals surface area contributed by atoms with E-state index in [1.807, 2.05) is 30.3 Å². The monoisotopic (exact) mass is 421 g/mol. The lowest BCUT2D eigenvalue weighted by Crippen LogP contribution is -2.52. The number of hydrogen-bond donors (Lipinski definition) is 2. The van der Waals surface area contributed by atoms with Crippen molar-refractivity contribution in [2.45, 2.75) is 38.4 Å². The highest BCUT2D eigenvalue weighted by molar-refractivity contribution is 5.82. The molecular weight excluding hydrogens is 395 g/mol. The van der Waals surface area contributed by atoms with Gasteiger partial charge in [-0.2, -0.15) is 13.2 Å².